The number of carboxylic acids is 1. The number of urea groups is 1. The van der Waals surface area contributed by atoms with E-state index in [1.807, 2.05) is 0 Å². The van der Waals surface area contributed by atoms with E-state index in [1.165, 1.54) is 4.90 Å². The summed E-state index contributed by atoms with van der Waals surface area (Å²) in [6.07, 6.45) is 3.00. The van der Waals surface area contributed by atoms with Crippen molar-refractivity contribution >= 4 is 23.8 Å². The molecule has 8 nitrogen and oxygen atoms in total. The van der Waals surface area contributed by atoms with Gasteiger partial charge in [0, 0.05) is 13.1 Å². The molecular formula is C15H21N3O5. The molecule has 3 aliphatic rings. The first-order chi connectivity index (χ1) is 10.8. The van der Waals surface area contributed by atoms with E-state index in [0.29, 0.717) is 19.4 Å². The minimum absolute atomic E-state index is 0.129. The molecule has 0 aromatic rings. The molecule has 2 aliphatic heterocycles. The Morgan fingerprint density at radius 1 is 1.26 bits per heavy atom. The summed E-state index contributed by atoms with van der Waals surface area (Å²) in [5.41, 5.74) is -0.820. The second-order valence-corrected chi connectivity index (χ2v) is 6.83. The summed E-state index contributed by atoms with van der Waals surface area (Å²) < 4.78 is 0. The largest absolute Gasteiger partial charge is 0.481 e. The van der Waals surface area contributed by atoms with Crippen LogP contribution in [-0.2, 0) is 14.4 Å². The van der Waals surface area contributed by atoms with Crippen LogP contribution >= 0.6 is 0 Å². The highest BCUT2D eigenvalue weighted by atomic mass is 16.4. The minimum atomic E-state index is -0.923. The summed E-state index contributed by atoms with van der Waals surface area (Å²) in [6, 6.07) is -0.521. The van der Waals surface area contributed by atoms with Gasteiger partial charge in [0.1, 0.15) is 12.1 Å². The van der Waals surface area contributed by atoms with E-state index in [1.54, 1.807) is 6.92 Å². The molecule has 1 spiro atoms. The van der Waals surface area contributed by atoms with Crippen molar-refractivity contribution in [3.63, 3.8) is 0 Å². The number of carboxylic acid groups (broad SMARTS) is 1. The van der Waals surface area contributed by atoms with Crippen LogP contribution < -0.4 is 5.32 Å². The Hall–Kier alpha value is -2.12. The molecule has 126 valence electrons. The minimum Gasteiger partial charge on any atom is -0.481 e. The van der Waals surface area contributed by atoms with Gasteiger partial charge in [-0.25, -0.2) is 4.79 Å². The van der Waals surface area contributed by atoms with Gasteiger partial charge in [0.25, 0.3) is 5.91 Å². The van der Waals surface area contributed by atoms with Crippen LogP contribution in [0.15, 0.2) is 0 Å². The van der Waals surface area contributed by atoms with Gasteiger partial charge in [-0.3, -0.25) is 19.3 Å². The van der Waals surface area contributed by atoms with Gasteiger partial charge in [-0.15, -0.1) is 0 Å². The van der Waals surface area contributed by atoms with Crippen molar-refractivity contribution in [1.82, 2.24) is 15.1 Å². The van der Waals surface area contributed by atoms with Gasteiger partial charge < -0.3 is 15.3 Å². The predicted molar refractivity (Wildman–Crippen MR) is 78.3 cm³/mol. The van der Waals surface area contributed by atoms with Crippen molar-refractivity contribution in [3.05, 3.63) is 0 Å². The summed E-state index contributed by atoms with van der Waals surface area (Å²) >= 11 is 0. The van der Waals surface area contributed by atoms with E-state index < -0.39 is 23.5 Å². The highest BCUT2D eigenvalue weighted by Crippen LogP contribution is 2.35. The van der Waals surface area contributed by atoms with Gasteiger partial charge in [-0.1, -0.05) is 19.8 Å². The van der Waals surface area contributed by atoms with Gasteiger partial charge >= 0.3 is 12.0 Å². The first-order valence-corrected chi connectivity index (χ1v) is 7.99. The average molecular weight is 323 g/mol. The standard InChI is InChI=1S/C15H21N3O5/c1-9-6-17(7-10(9)12(20)21)11(19)8-18-13(22)15(16-14(18)23)4-2-3-5-15/h9-10H,2-8H2,1H3,(H,16,23)(H,20,21)/t9-,10-/m1/s1. The maximum absolute atomic E-state index is 12.5. The molecular weight excluding hydrogens is 302 g/mol. The van der Waals surface area contributed by atoms with E-state index >= 15 is 0 Å². The molecule has 3 fully saturated rings. The fourth-order valence-electron chi connectivity index (χ4n) is 3.86. The van der Waals surface area contributed by atoms with Crippen molar-refractivity contribution in [1.29, 1.82) is 0 Å². The molecule has 0 unspecified atom stereocenters. The lowest BCUT2D eigenvalue weighted by Gasteiger charge is -2.21. The summed E-state index contributed by atoms with van der Waals surface area (Å²) in [5, 5.41) is 11.9. The van der Waals surface area contributed by atoms with Gasteiger partial charge in [-0.2, -0.15) is 0 Å². The molecule has 4 amide bonds. The third-order valence-electron chi connectivity index (χ3n) is 5.28. The summed E-state index contributed by atoms with van der Waals surface area (Å²) in [5.74, 6) is -2.36. The zero-order valence-electron chi connectivity index (χ0n) is 13.1. The Kier molecular flexibility index (Phi) is 3.77. The first kappa shape index (κ1) is 15.8. The normalized spacial score (nSPS) is 29.4. The Balaban J connectivity index is 1.65. The van der Waals surface area contributed by atoms with Crippen LogP contribution in [0.4, 0.5) is 4.79 Å². The van der Waals surface area contributed by atoms with Crippen molar-refractivity contribution in [2.24, 2.45) is 11.8 Å². The molecule has 0 aromatic carbocycles. The van der Waals surface area contributed by atoms with Crippen molar-refractivity contribution in [2.45, 2.75) is 38.1 Å². The topological polar surface area (TPSA) is 107 Å². The van der Waals surface area contributed by atoms with Crippen LogP contribution in [0.2, 0.25) is 0 Å². The van der Waals surface area contributed by atoms with Gasteiger partial charge in [0.15, 0.2) is 0 Å². The number of amides is 4. The van der Waals surface area contributed by atoms with E-state index in [-0.39, 0.29) is 30.8 Å². The van der Waals surface area contributed by atoms with Crippen molar-refractivity contribution in [2.75, 3.05) is 19.6 Å². The van der Waals surface area contributed by atoms with Crippen LogP contribution in [0, 0.1) is 11.8 Å². The molecule has 2 atom stereocenters. The quantitative estimate of drug-likeness (QED) is 0.713. The zero-order valence-corrected chi connectivity index (χ0v) is 13.1. The van der Waals surface area contributed by atoms with E-state index in [4.69, 9.17) is 5.11 Å². The average Bonchev–Trinajstić information content (AvgIpc) is 3.15. The molecule has 0 aromatic heterocycles. The number of hydrogen-bond donors (Lipinski definition) is 2. The number of nitrogens with one attached hydrogen (secondary N) is 1. The van der Waals surface area contributed by atoms with E-state index in [0.717, 1.165) is 17.7 Å². The Bertz CT molecular complexity index is 569. The van der Waals surface area contributed by atoms with Crippen molar-refractivity contribution in [3.8, 4) is 0 Å². The number of carbonyl (C=O) groups is 4. The number of hydrogen-bond acceptors (Lipinski definition) is 4. The Morgan fingerprint density at radius 2 is 1.91 bits per heavy atom. The first-order valence-electron chi connectivity index (χ1n) is 7.99. The maximum atomic E-state index is 12.5. The molecule has 8 heteroatoms. The summed E-state index contributed by atoms with van der Waals surface area (Å²) in [7, 11) is 0. The highest BCUT2D eigenvalue weighted by Gasteiger charge is 2.53. The van der Waals surface area contributed by atoms with Crippen LogP contribution in [0.25, 0.3) is 0 Å². The summed E-state index contributed by atoms with van der Waals surface area (Å²) in [6.45, 7) is 1.94. The molecule has 2 heterocycles. The zero-order chi connectivity index (χ0) is 16.8. The van der Waals surface area contributed by atoms with Gasteiger partial charge in [0.2, 0.25) is 5.91 Å². The molecule has 3 rings (SSSR count). The second-order valence-electron chi connectivity index (χ2n) is 6.83. The molecule has 1 saturated carbocycles. The number of imide groups is 1. The predicted octanol–water partition coefficient (Wildman–Crippen LogP) is 0.0301. The van der Waals surface area contributed by atoms with Crippen LogP contribution in [0.3, 0.4) is 0 Å². The third kappa shape index (κ3) is 2.55. The molecule has 1 aliphatic carbocycles. The monoisotopic (exact) mass is 323 g/mol. The van der Waals surface area contributed by atoms with Gasteiger partial charge in [-0.05, 0) is 18.8 Å². The fourth-order valence-corrected chi connectivity index (χ4v) is 3.86. The molecule has 2 N–H and O–H groups in total. The van der Waals surface area contributed by atoms with Crippen molar-refractivity contribution < 1.29 is 24.3 Å². The fraction of sp³-hybridized carbons (Fsp3) is 0.733. The highest BCUT2D eigenvalue weighted by molar-refractivity contribution is 6.09. The lowest BCUT2D eigenvalue weighted by molar-refractivity contribution is -0.143. The number of rotatable bonds is 3. The van der Waals surface area contributed by atoms with E-state index in [9.17, 15) is 19.2 Å². The third-order valence-corrected chi connectivity index (χ3v) is 5.28. The maximum Gasteiger partial charge on any atom is 0.325 e. The molecule has 0 radical (unpaired) electrons. The van der Waals surface area contributed by atoms with Crippen LogP contribution in [0.5, 0.6) is 0 Å². The molecule has 0 bridgehead atoms. The van der Waals surface area contributed by atoms with Crippen LogP contribution in [-0.4, -0.2) is 63.9 Å². The number of likely N-dealkylation sites (tertiary alicyclic amines) is 1. The lowest BCUT2D eigenvalue weighted by atomic mass is 9.98. The molecule has 2 saturated heterocycles. The number of aliphatic carboxylic acids is 1. The van der Waals surface area contributed by atoms with Gasteiger partial charge in [0.05, 0.1) is 5.92 Å². The number of carbonyl (C=O) groups excluding carboxylic acids is 3. The molecule has 23 heavy (non-hydrogen) atoms. The SMILES string of the molecule is C[C@@H]1CN(C(=O)CN2C(=O)NC3(CCCC3)C2=O)C[C@H]1C(=O)O. The lowest BCUT2D eigenvalue weighted by Crippen LogP contribution is -2.45. The van der Waals surface area contributed by atoms with E-state index in [2.05, 4.69) is 5.32 Å². The Labute approximate surface area is 133 Å². The summed E-state index contributed by atoms with van der Waals surface area (Å²) in [4.78, 5) is 50.5. The second kappa shape index (κ2) is 5.50. The smallest absolute Gasteiger partial charge is 0.325 e. The number of nitrogens with zero attached hydrogens (tertiary/aromatic N) is 2. The van der Waals surface area contributed by atoms with Crippen LogP contribution in [0.1, 0.15) is 32.6 Å². The Morgan fingerprint density at radius 3 is 2.48 bits per heavy atom.